The van der Waals surface area contributed by atoms with Crippen molar-refractivity contribution in [1.82, 2.24) is 5.32 Å². The van der Waals surface area contributed by atoms with Gasteiger partial charge in [0.15, 0.2) is 5.78 Å². The Hall–Kier alpha value is -2.17. The molecule has 0 saturated heterocycles. The molecule has 0 radical (unpaired) electrons. The molecule has 22 heavy (non-hydrogen) atoms. The number of amides is 1. The van der Waals surface area contributed by atoms with Crippen LogP contribution in [0.1, 0.15) is 50.0 Å². The molecule has 1 aromatic carbocycles. The molecular formula is C17H23NO4. The average molecular weight is 305 g/mol. The minimum atomic E-state index is -0.530. The molecule has 120 valence electrons. The fourth-order valence-corrected chi connectivity index (χ4v) is 1.59. The third-order valence-electron chi connectivity index (χ3n) is 3.55. The van der Waals surface area contributed by atoms with E-state index in [1.54, 1.807) is 24.3 Å². The van der Waals surface area contributed by atoms with E-state index in [9.17, 15) is 14.4 Å². The first kappa shape index (κ1) is 17.9. The fourth-order valence-electron chi connectivity index (χ4n) is 1.59. The third-order valence-corrected chi connectivity index (χ3v) is 3.55. The molecule has 0 aliphatic carbocycles. The molecule has 0 unspecified atom stereocenters. The van der Waals surface area contributed by atoms with Crippen LogP contribution in [0.15, 0.2) is 24.3 Å². The van der Waals surface area contributed by atoms with Gasteiger partial charge in [0.1, 0.15) is 6.61 Å². The Morgan fingerprint density at radius 1 is 1.14 bits per heavy atom. The van der Waals surface area contributed by atoms with E-state index < -0.39 is 11.4 Å². The smallest absolute Gasteiger partial charge is 0.338 e. The summed E-state index contributed by atoms with van der Waals surface area (Å²) >= 11 is 0. The molecule has 0 aromatic heterocycles. The second-order valence-corrected chi connectivity index (χ2v) is 5.90. The maximum Gasteiger partial charge on any atom is 0.338 e. The lowest BCUT2D eigenvalue weighted by atomic mass is 9.89. The number of benzene rings is 1. The van der Waals surface area contributed by atoms with Gasteiger partial charge in [0.05, 0.1) is 5.56 Å². The molecule has 0 atom stereocenters. The van der Waals surface area contributed by atoms with Crippen LogP contribution in [0.5, 0.6) is 0 Å². The summed E-state index contributed by atoms with van der Waals surface area (Å²) in [6.07, 6.45) is 0.764. The molecule has 1 amide bonds. The van der Waals surface area contributed by atoms with Crippen LogP contribution >= 0.6 is 0 Å². The topological polar surface area (TPSA) is 72.5 Å². The van der Waals surface area contributed by atoms with Crippen molar-refractivity contribution in [2.45, 2.75) is 40.7 Å². The first-order chi connectivity index (χ1) is 10.3. The van der Waals surface area contributed by atoms with Crippen LogP contribution in [0.3, 0.4) is 0 Å². The SMILES string of the molecule is CCC(C)(C)C(=O)NCc1ccc(C(=O)OCC(C)=O)cc1. The van der Waals surface area contributed by atoms with Crippen LogP contribution in [0, 0.1) is 5.41 Å². The monoisotopic (exact) mass is 305 g/mol. The zero-order valence-corrected chi connectivity index (χ0v) is 13.6. The molecular weight excluding hydrogens is 282 g/mol. The van der Waals surface area contributed by atoms with E-state index in [1.807, 2.05) is 20.8 Å². The highest BCUT2D eigenvalue weighted by Gasteiger charge is 2.24. The number of hydrogen-bond acceptors (Lipinski definition) is 4. The predicted molar refractivity (Wildman–Crippen MR) is 83.3 cm³/mol. The van der Waals surface area contributed by atoms with Crippen molar-refractivity contribution >= 4 is 17.7 Å². The number of esters is 1. The van der Waals surface area contributed by atoms with Gasteiger partial charge in [-0.05, 0) is 31.0 Å². The summed E-state index contributed by atoms with van der Waals surface area (Å²) in [6, 6.07) is 6.75. The van der Waals surface area contributed by atoms with Gasteiger partial charge in [-0.3, -0.25) is 9.59 Å². The van der Waals surface area contributed by atoms with E-state index in [1.165, 1.54) is 6.92 Å². The number of carbonyl (C=O) groups excluding carboxylic acids is 3. The molecule has 0 aliphatic heterocycles. The summed E-state index contributed by atoms with van der Waals surface area (Å²) in [5, 5.41) is 2.88. The molecule has 0 aliphatic rings. The number of hydrogen-bond donors (Lipinski definition) is 1. The van der Waals surface area contributed by atoms with E-state index in [0.717, 1.165) is 12.0 Å². The van der Waals surface area contributed by atoms with Crippen LogP contribution in [0.2, 0.25) is 0 Å². The predicted octanol–water partition coefficient (Wildman–Crippen LogP) is 2.48. The number of ether oxygens (including phenoxy) is 1. The zero-order chi connectivity index (χ0) is 16.8. The maximum absolute atomic E-state index is 12.0. The Morgan fingerprint density at radius 2 is 1.73 bits per heavy atom. The summed E-state index contributed by atoms with van der Waals surface area (Å²) in [4.78, 5) is 34.4. The van der Waals surface area contributed by atoms with E-state index in [2.05, 4.69) is 5.32 Å². The molecule has 0 fully saturated rings. The van der Waals surface area contributed by atoms with Crippen molar-refractivity contribution < 1.29 is 19.1 Å². The van der Waals surface area contributed by atoms with Crippen LogP contribution < -0.4 is 5.32 Å². The highest BCUT2D eigenvalue weighted by atomic mass is 16.5. The van der Waals surface area contributed by atoms with Gasteiger partial charge < -0.3 is 10.1 Å². The Balaban J connectivity index is 2.57. The summed E-state index contributed by atoms with van der Waals surface area (Å²) in [7, 11) is 0. The first-order valence-electron chi connectivity index (χ1n) is 7.30. The quantitative estimate of drug-likeness (QED) is 0.786. The first-order valence-corrected chi connectivity index (χ1v) is 7.30. The minimum absolute atomic E-state index is 0.0000514. The second kappa shape index (κ2) is 7.73. The number of nitrogens with one attached hydrogen (secondary N) is 1. The average Bonchev–Trinajstić information content (AvgIpc) is 2.50. The van der Waals surface area contributed by atoms with Crippen LogP contribution in [0.4, 0.5) is 0 Å². The number of ketones is 1. The summed E-state index contributed by atoms with van der Waals surface area (Å²) in [6.45, 7) is 7.32. The van der Waals surface area contributed by atoms with E-state index >= 15 is 0 Å². The van der Waals surface area contributed by atoms with E-state index in [0.29, 0.717) is 12.1 Å². The lowest BCUT2D eigenvalue weighted by Crippen LogP contribution is -2.35. The Bertz CT molecular complexity index is 546. The van der Waals surface area contributed by atoms with Gasteiger partial charge in [0.25, 0.3) is 0 Å². The second-order valence-electron chi connectivity index (χ2n) is 5.90. The molecule has 5 nitrogen and oxygen atoms in total. The van der Waals surface area contributed by atoms with Gasteiger partial charge in [0.2, 0.25) is 5.91 Å². The summed E-state index contributed by atoms with van der Waals surface area (Å²) in [5.74, 6) is -0.732. The number of Topliss-reactive ketones (excluding diaryl/α,β-unsaturated/α-hetero) is 1. The fraction of sp³-hybridized carbons (Fsp3) is 0.471. The van der Waals surface area contributed by atoms with Crippen LogP contribution in [-0.4, -0.2) is 24.3 Å². The lowest BCUT2D eigenvalue weighted by Gasteiger charge is -2.21. The van der Waals surface area contributed by atoms with Crippen molar-refractivity contribution in [2.24, 2.45) is 5.41 Å². The zero-order valence-electron chi connectivity index (χ0n) is 13.6. The number of rotatable bonds is 7. The normalized spacial score (nSPS) is 10.9. The van der Waals surface area contributed by atoms with Crippen molar-refractivity contribution in [3.05, 3.63) is 35.4 Å². The molecule has 1 aromatic rings. The molecule has 0 heterocycles. The van der Waals surface area contributed by atoms with Gasteiger partial charge in [-0.1, -0.05) is 32.9 Å². The van der Waals surface area contributed by atoms with Gasteiger partial charge in [0, 0.05) is 12.0 Å². The van der Waals surface area contributed by atoms with Crippen molar-refractivity contribution in [3.8, 4) is 0 Å². The van der Waals surface area contributed by atoms with Gasteiger partial charge in [-0.2, -0.15) is 0 Å². The van der Waals surface area contributed by atoms with E-state index in [4.69, 9.17) is 4.74 Å². The number of carbonyl (C=O) groups is 3. The van der Waals surface area contributed by atoms with Crippen LogP contribution in [-0.2, 0) is 20.9 Å². The Labute approximate surface area is 131 Å². The maximum atomic E-state index is 12.0. The minimum Gasteiger partial charge on any atom is -0.454 e. The van der Waals surface area contributed by atoms with Crippen molar-refractivity contribution in [1.29, 1.82) is 0 Å². The van der Waals surface area contributed by atoms with Gasteiger partial charge >= 0.3 is 5.97 Å². The Morgan fingerprint density at radius 3 is 2.23 bits per heavy atom. The van der Waals surface area contributed by atoms with Gasteiger partial charge in [-0.25, -0.2) is 4.79 Å². The molecule has 1 N–H and O–H groups in total. The van der Waals surface area contributed by atoms with Crippen LogP contribution in [0.25, 0.3) is 0 Å². The highest BCUT2D eigenvalue weighted by molar-refractivity contribution is 5.91. The van der Waals surface area contributed by atoms with Gasteiger partial charge in [-0.15, -0.1) is 0 Å². The largest absolute Gasteiger partial charge is 0.454 e. The molecule has 1 rings (SSSR count). The molecule has 0 saturated carbocycles. The molecule has 0 bridgehead atoms. The summed E-state index contributed by atoms with van der Waals surface area (Å²) in [5.41, 5.74) is 0.879. The Kier molecular flexibility index (Phi) is 6.28. The molecule has 5 heteroatoms. The van der Waals surface area contributed by atoms with Crippen molar-refractivity contribution in [3.63, 3.8) is 0 Å². The van der Waals surface area contributed by atoms with Crippen molar-refractivity contribution in [2.75, 3.05) is 6.61 Å². The lowest BCUT2D eigenvalue weighted by molar-refractivity contribution is -0.129. The highest BCUT2D eigenvalue weighted by Crippen LogP contribution is 2.19. The molecule has 0 spiro atoms. The standard InChI is InChI=1S/C17H23NO4/c1-5-17(3,4)16(21)18-10-13-6-8-14(9-7-13)15(20)22-11-12(2)19/h6-9H,5,10-11H2,1-4H3,(H,18,21). The third kappa shape index (κ3) is 5.31. The summed E-state index contributed by atoms with van der Waals surface area (Å²) < 4.78 is 4.83. The van der Waals surface area contributed by atoms with E-state index in [-0.39, 0.29) is 18.3 Å².